The van der Waals surface area contributed by atoms with Crippen LogP contribution in [0.4, 0.5) is 4.79 Å². The summed E-state index contributed by atoms with van der Waals surface area (Å²) in [5.41, 5.74) is 0.281. The van der Waals surface area contributed by atoms with Crippen molar-refractivity contribution in [3.63, 3.8) is 0 Å². The summed E-state index contributed by atoms with van der Waals surface area (Å²) in [6.07, 6.45) is -1.01. The average molecular weight is 419 g/mol. The number of methoxy groups -OCH3 is 1. The van der Waals surface area contributed by atoms with Crippen molar-refractivity contribution in [3.8, 4) is 5.75 Å². The lowest BCUT2D eigenvalue weighted by Crippen LogP contribution is -2.42. The zero-order chi connectivity index (χ0) is 21.0. The van der Waals surface area contributed by atoms with Gasteiger partial charge in [-0.2, -0.15) is 0 Å². The van der Waals surface area contributed by atoms with Gasteiger partial charge < -0.3 is 19.9 Å². The second-order valence-corrected chi connectivity index (χ2v) is 7.43. The minimum absolute atomic E-state index is 0.0183. The number of benzene rings is 2. The van der Waals surface area contributed by atoms with Gasteiger partial charge in [0.2, 0.25) is 0 Å². The number of amides is 3. The molecule has 3 amide bonds. The van der Waals surface area contributed by atoms with Gasteiger partial charge >= 0.3 is 6.03 Å². The van der Waals surface area contributed by atoms with Crippen LogP contribution in [0.1, 0.15) is 18.1 Å². The molecule has 1 aliphatic heterocycles. The average Bonchev–Trinajstić information content (AvgIpc) is 2.93. The van der Waals surface area contributed by atoms with E-state index in [0.717, 1.165) is 10.5 Å². The van der Waals surface area contributed by atoms with Crippen molar-refractivity contribution < 1.29 is 24.2 Å². The lowest BCUT2D eigenvalue weighted by Gasteiger charge is -2.23. The van der Waals surface area contributed by atoms with Crippen molar-refractivity contribution >= 4 is 23.5 Å². The van der Waals surface area contributed by atoms with Gasteiger partial charge in [0.15, 0.2) is 0 Å². The number of carbonyl (C=O) groups excluding carboxylic acids is 2. The molecular weight excluding hydrogens is 396 g/mol. The standard InChI is InChI=1S/C21H23ClN2O5/c1-21(15-4-3-5-18(10-15)28-2)19(26)24(20(27)23-21)11-17(25)13-29-12-14-6-8-16(22)9-7-14/h3-10,17,25H,11-13H2,1-2H3,(H,23,27). The molecule has 7 nitrogen and oxygen atoms in total. The molecule has 1 heterocycles. The highest BCUT2D eigenvalue weighted by Crippen LogP contribution is 2.31. The highest BCUT2D eigenvalue weighted by atomic mass is 35.5. The van der Waals surface area contributed by atoms with Crippen LogP contribution in [-0.2, 0) is 21.7 Å². The van der Waals surface area contributed by atoms with E-state index in [1.807, 2.05) is 12.1 Å². The molecule has 2 unspecified atom stereocenters. The summed E-state index contributed by atoms with van der Waals surface area (Å²) < 4.78 is 10.7. The van der Waals surface area contributed by atoms with E-state index in [0.29, 0.717) is 16.3 Å². The predicted octanol–water partition coefficient (Wildman–Crippen LogP) is 2.69. The van der Waals surface area contributed by atoms with E-state index in [4.69, 9.17) is 21.1 Å². The number of hydrogen-bond acceptors (Lipinski definition) is 5. The van der Waals surface area contributed by atoms with E-state index < -0.39 is 23.6 Å². The summed E-state index contributed by atoms with van der Waals surface area (Å²) in [6.45, 7) is 1.74. The van der Waals surface area contributed by atoms with Gasteiger partial charge in [0.05, 0.1) is 33.0 Å². The molecule has 0 aromatic heterocycles. The minimum atomic E-state index is -1.23. The van der Waals surface area contributed by atoms with Gasteiger partial charge in [-0.05, 0) is 42.3 Å². The Morgan fingerprint density at radius 1 is 1.21 bits per heavy atom. The maximum atomic E-state index is 12.9. The van der Waals surface area contributed by atoms with E-state index in [1.54, 1.807) is 43.3 Å². The first-order valence-electron chi connectivity index (χ1n) is 9.12. The first-order valence-corrected chi connectivity index (χ1v) is 9.50. The monoisotopic (exact) mass is 418 g/mol. The smallest absolute Gasteiger partial charge is 0.325 e. The van der Waals surface area contributed by atoms with Crippen LogP contribution >= 0.6 is 11.6 Å². The van der Waals surface area contributed by atoms with Gasteiger partial charge in [-0.1, -0.05) is 35.9 Å². The zero-order valence-corrected chi connectivity index (χ0v) is 17.0. The number of carbonyl (C=O) groups is 2. The number of β-amino-alcohol motifs (C(OH)–C–C–N with tert-alkyl or cyclic N) is 1. The van der Waals surface area contributed by atoms with Crippen LogP contribution < -0.4 is 10.1 Å². The zero-order valence-electron chi connectivity index (χ0n) is 16.2. The molecule has 29 heavy (non-hydrogen) atoms. The Balaban J connectivity index is 1.59. The fourth-order valence-corrected chi connectivity index (χ4v) is 3.28. The molecule has 1 fully saturated rings. The molecule has 154 valence electrons. The number of rotatable bonds is 8. The van der Waals surface area contributed by atoms with Crippen molar-refractivity contribution in [1.82, 2.24) is 10.2 Å². The highest BCUT2D eigenvalue weighted by molar-refractivity contribution is 6.30. The summed E-state index contributed by atoms with van der Waals surface area (Å²) in [5, 5.41) is 13.6. The van der Waals surface area contributed by atoms with Crippen molar-refractivity contribution in [2.24, 2.45) is 0 Å². The van der Waals surface area contributed by atoms with Crippen molar-refractivity contribution in [2.45, 2.75) is 25.2 Å². The molecule has 0 spiro atoms. The Morgan fingerprint density at radius 3 is 2.62 bits per heavy atom. The van der Waals surface area contributed by atoms with Crippen molar-refractivity contribution in [1.29, 1.82) is 0 Å². The van der Waals surface area contributed by atoms with Crippen LogP contribution in [0.3, 0.4) is 0 Å². The molecule has 2 N–H and O–H groups in total. The van der Waals surface area contributed by atoms with Gasteiger partial charge in [-0.15, -0.1) is 0 Å². The topological polar surface area (TPSA) is 88.1 Å². The van der Waals surface area contributed by atoms with E-state index in [9.17, 15) is 14.7 Å². The predicted molar refractivity (Wildman–Crippen MR) is 108 cm³/mol. The fraction of sp³-hybridized carbons (Fsp3) is 0.333. The number of aliphatic hydroxyl groups is 1. The van der Waals surface area contributed by atoms with Crippen LogP contribution in [0.2, 0.25) is 5.02 Å². The summed E-state index contributed by atoms with van der Waals surface area (Å²) >= 11 is 5.84. The van der Waals surface area contributed by atoms with Gasteiger partial charge in [0, 0.05) is 5.02 Å². The Labute approximate surface area is 174 Å². The van der Waals surface area contributed by atoms with Crippen LogP contribution in [0.15, 0.2) is 48.5 Å². The maximum Gasteiger partial charge on any atom is 0.325 e. The number of hydrogen-bond donors (Lipinski definition) is 2. The Kier molecular flexibility index (Phi) is 6.42. The Bertz CT molecular complexity index is 889. The first-order chi connectivity index (χ1) is 13.8. The third-order valence-electron chi connectivity index (χ3n) is 4.81. The SMILES string of the molecule is COc1cccc(C2(C)NC(=O)N(CC(O)COCc3ccc(Cl)cc3)C2=O)c1. The Morgan fingerprint density at radius 2 is 1.93 bits per heavy atom. The van der Waals surface area contributed by atoms with Crippen molar-refractivity contribution in [3.05, 3.63) is 64.7 Å². The maximum absolute atomic E-state index is 12.9. The number of ether oxygens (including phenoxy) is 2. The summed E-state index contributed by atoms with van der Waals surface area (Å²) in [4.78, 5) is 26.3. The second kappa shape index (κ2) is 8.82. The second-order valence-electron chi connectivity index (χ2n) is 7.00. The molecule has 3 rings (SSSR count). The highest BCUT2D eigenvalue weighted by Gasteiger charge is 2.49. The van der Waals surface area contributed by atoms with E-state index in [-0.39, 0.29) is 19.8 Å². The number of nitrogens with zero attached hydrogens (tertiary/aromatic N) is 1. The van der Waals surface area contributed by atoms with E-state index in [1.165, 1.54) is 7.11 Å². The van der Waals surface area contributed by atoms with Crippen LogP contribution in [0, 0.1) is 0 Å². The molecule has 2 aromatic carbocycles. The molecule has 1 aliphatic rings. The molecule has 0 bridgehead atoms. The molecule has 0 radical (unpaired) electrons. The van der Waals surface area contributed by atoms with Crippen molar-refractivity contribution in [2.75, 3.05) is 20.3 Å². The molecular formula is C21H23ClN2O5. The number of halogens is 1. The van der Waals surface area contributed by atoms with Gasteiger partial charge in [-0.25, -0.2) is 4.79 Å². The van der Waals surface area contributed by atoms with Crippen LogP contribution in [-0.4, -0.2) is 48.3 Å². The normalized spacial score (nSPS) is 19.9. The van der Waals surface area contributed by atoms with E-state index >= 15 is 0 Å². The fourth-order valence-electron chi connectivity index (χ4n) is 3.15. The largest absolute Gasteiger partial charge is 0.497 e. The molecule has 2 aromatic rings. The summed E-state index contributed by atoms with van der Waals surface area (Å²) in [6, 6.07) is 13.6. The van der Waals surface area contributed by atoms with Gasteiger partial charge in [0.25, 0.3) is 5.91 Å². The summed E-state index contributed by atoms with van der Waals surface area (Å²) in [5.74, 6) is 0.146. The quantitative estimate of drug-likeness (QED) is 0.643. The molecule has 0 aliphatic carbocycles. The van der Waals surface area contributed by atoms with Crippen LogP contribution in [0.5, 0.6) is 5.75 Å². The Hall–Kier alpha value is -2.61. The van der Waals surface area contributed by atoms with E-state index in [2.05, 4.69) is 5.32 Å². The van der Waals surface area contributed by atoms with Gasteiger partial charge in [-0.3, -0.25) is 9.69 Å². The third-order valence-corrected chi connectivity index (χ3v) is 5.06. The first kappa shape index (κ1) is 21.1. The number of urea groups is 1. The summed E-state index contributed by atoms with van der Waals surface area (Å²) in [7, 11) is 1.53. The minimum Gasteiger partial charge on any atom is -0.497 e. The number of imide groups is 1. The third kappa shape index (κ3) is 4.70. The molecule has 0 saturated carbocycles. The molecule has 1 saturated heterocycles. The van der Waals surface area contributed by atoms with Gasteiger partial charge in [0.1, 0.15) is 11.3 Å². The van der Waals surface area contributed by atoms with Crippen LogP contribution in [0.25, 0.3) is 0 Å². The lowest BCUT2D eigenvalue weighted by atomic mass is 9.92. The number of aliphatic hydroxyl groups excluding tert-OH is 1. The molecule has 8 heteroatoms. The lowest BCUT2D eigenvalue weighted by molar-refractivity contribution is -0.132. The molecule has 2 atom stereocenters. The number of nitrogens with one attached hydrogen (secondary N) is 1.